The van der Waals surface area contributed by atoms with Gasteiger partial charge < -0.3 is 14.8 Å². The molecule has 0 aliphatic heterocycles. The Morgan fingerprint density at radius 1 is 1.03 bits per heavy atom. The average Bonchev–Trinajstić information content (AvgIpc) is 2.73. The zero-order chi connectivity index (χ0) is 21.9. The van der Waals surface area contributed by atoms with Crippen molar-refractivity contribution in [1.82, 2.24) is 0 Å². The summed E-state index contributed by atoms with van der Waals surface area (Å²) in [6.45, 7) is 5.53. The zero-order valence-corrected chi connectivity index (χ0v) is 18.1. The number of hydrogen-bond donors (Lipinski definition) is 1. The van der Waals surface area contributed by atoms with Crippen molar-refractivity contribution in [3.05, 3.63) is 59.7 Å². The van der Waals surface area contributed by atoms with E-state index in [0.717, 1.165) is 0 Å². The molecule has 2 aromatic carbocycles. The van der Waals surface area contributed by atoms with Crippen molar-refractivity contribution in [2.45, 2.75) is 26.7 Å². The summed E-state index contributed by atoms with van der Waals surface area (Å²) < 4.78 is 24.1. The van der Waals surface area contributed by atoms with Gasteiger partial charge in [0.05, 0.1) is 24.2 Å². The lowest BCUT2D eigenvalue weighted by molar-refractivity contribution is -0.121. The molecule has 2 unspecified atom stereocenters. The van der Waals surface area contributed by atoms with Crippen LogP contribution in [-0.4, -0.2) is 30.6 Å². The van der Waals surface area contributed by atoms with Gasteiger partial charge in [0.2, 0.25) is 0 Å². The van der Waals surface area contributed by atoms with E-state index in [4.69, 9.17) is 14.8 Å². The average molecular weight is 428 g/mol. The highest BCUT2D eigenvalue weighted by molar-refractivity contribution is 7.62. The summed E-state index contributed by atoms with van der Waals surface area (Å²) in [4.78, 5) is 30.3. The van der Waals surface area contributed by atoms with Gasteiger partial charge in [0.25, 0.3) is 0 Å². The number of benzene rings is 2. The van der Waals surface area contributed by atoms with E-state index in [2.05, 4.69) is 4.99 Å². The number of aliphatic imine (C=N–C) groups is 1. The number of nitrogens with zero attached hydrogens (tertiary/aromatic N) is 1. The first-order valence-corrected chi connectivity index (χ1v) is 11.4. The van der Waals surface area contributed by atoms with Crippen LogP contribution in [0.25, 0.3) is 0 Å². The summed E-state index contributed by atoms with van der Waals surface area (Å²) in [5.74, 6) is -2.51. The molecule has 158 valence electrons. The van der Waals surface area contributed by atoms with Crippen LogP contribution in [0.3, 0.4) is 0 Å². The quantitative estimate of drug-likeness (QED) is 0.311. The first kappa shape index (κ1) is 22.1. The molecule has 0 bridgehead atoms. The van der Waals surface area contributed by atoms with Crippen molar-refractivity contribution < 1.29 is 23.2 Å². The molecule has 2 N–H and O–H groups in total. The zero-order valence-electron chi connectivity index (χ0n) is 17.2. The predicted octanol–water partition coefficient (Wildman–Crippen LogP) is 3.75. The highest BCUT2D eigenvalue weighted by atomic mass is 31.2. The minimum Gasteiger partial charge on any atom is -0.386 e. The van der Waals surface area contributed by atoms with Crippen LogP contribution < -0.4 is 11.0 Å². The Morgan fingerprint density at radius 2 is 1.63 bits per heavy atom. The van der Waals surface area contributed by atoms with E-state index in [1.54, 1.807) is 69.3 Å². The highest BCUT2D eigenvalue weighted by Gasteiger charge is 2.41. The minimum atomic E-state index is -3.63. The van der Waals surface area contributed by atoms with Crippen molar-refractivity contribution in [3.63, 3.8) is 0 Å². The number of rotatable bonds is 7. The molecule has 2 atom stereocenters. The van der Waals surface area contributed by atoms with Crippen LogP contribution in [0.2, 0.25) is 0 Å². The number of ketones is 2. The molecule has 0 amide bonds. The van der Waals surface area contributed by atoms with Gasteiger partial charge in [-0.1, -0.05) is 43.3 Å². The molecule has 0 spiro atoms. The molecule has 0 heterocycles. The lowest BCUT2D eigenvalue weighted by Crippen LogP contribution is -2.42. The standard InChI is InChI=1S/C22H25N2O5P/c1-4-28-30(27,29-5-2)18-13-9-8-12-17(18)24-22(23)19-20(25)14(3)15-10-6-7-11-16(15)21(19)26/h6-14,19H,4-5H2,1-3H3,(H2,23,24). The topological polar surface area (TPSA) is 108 Å². The molecule has 7 nitrogen and oxygen atoms in total. The van der Waals surface area contributed by atoms with Gasteiger partial charge in [0.1, 0.15) is 11.8 Å². The van der Waals surface area contributed by atoms with Crippen LogP contribution in [0, 0.1) is 5.92 Å². The molecule has 30 heavy (non-hydrogen) atoms. The van der Waals surface area contributed by atoms with Gasteiger partial charge in [-0.2, -0.15) is 0 Å². The second-order valence-electron chi connectivity index (χ2n) is 6.87. The van der Waals surface area contributed by atoms with Gasteiger partial charge >= 0.3 is 7.60 Å². The molecule has 0 aromatic heterocycles. The number of fused-ring (bicyclic) bond motifs is 1. The number of para-hydroxylation sites is 1. The molecule has 2 aromatic rings. The third-order valence-electron chi connectivity index (χ3n) is 4.99. The number of Topliss-reactive ketones (excluding diaryl/α,β-unsaturated/α-hetero) is 2. The molecule has 0 fully saturated rings. The summed E-state index contributed by atoms with van der Waals surface area (Å²) in [5, 5.41) is 0.237. The fourth-order valence-corrected chi connectivity index (χ4v) is 5.28. The lowest BCUT2D eigenvalue weighted by atomic mass is 9.75. The van der Waals surface area contributed by atoms with Crippen LogP contribution >= 0.6 is 7.60 Å². The Bertz CT molecular complexity index is 1040. The molecule has 0 radical (unpaired) electrons. The van der Waals surface area contributed by atoms with Gasteiger partial charge in [0, 0.05) is 11.5 Å². The Hall–Kier alpha value is -2.60. The first-order valence-electron chi connectivity index (χ1n) is 9.83. The smallest absolute Gasteiger partial charge is 0.363 e. The fourth-order valence-electron chi connectivity index (χ4n) is 3.58. The Morgan fingerprint density at radius 3 is 2.30 bits per heavy atom. The number of carbonyl (C=O) groups excluding carboxylic acids is 2. The van der Waals surface area contributed by atoms with E-state index in [1.807, 2.05) is 0 Å². The summed E-state index contributed by atoms with van der Waals surface area (Å²) in [5.41, 5.74) is 7.58. The van der Waals surface area contributed by atoms with E-state index in [9.17, 15) is 14.2 Å². The maximum absolute atomic E-state index is 13.2. The second-order valence-corrected chi connectivity index (χ2v) is 8.86. The summed E-state index contributed by atoms with van der Waals surface area (Å²) in [6.07, 6.45) is 0. The van der Waals surface area contributed by atoms with Gasteiger partial charge in [-0.25, -0.2) is 4.99 Å². The van der Waals surface area contributed by atoms with Crippen LogP contribution in [0.1, 0.15) is 42.6 Å². The fraction of sp³-hybridized carbons (Fsp3) is 0.318. The highest BCUT2D eigenvalue weighted by Crippen LogP contribution is 2.49. The van der Waals surface area contributed by atoms with E-state index in [1.165, 1.54) is 0 Å². The van der Waals surface area contributed by atoms with Crippen LogP contribution in [0.5, 0.6) is 0 Å². The van der Waals surface area contributed by atoms with E-state index in [-0.39, 0.29) is 41.6 Å². The van der Waals surface area contributed by atoms with Gasteiger partial charge in [-0.3, -0.25) is 14.2 Å². The lowest BCUT2D eigenvalue weighted by Gasteiger charge is -2.27. The molecule has 8 heteroatoms. The third-order valence-corrected chi connectivity index (χ3v) is 7.15. The summed E-state index contributed by atoms with van der Waals surface area (Å²) >= 11 is 0. The van der Waals surface area contributed by atoms with Crippen molar-refractivity contribution >= 4 is 36.0 Å². The number of amidine groups is 1. The van der Waals surface area contributed by atoms with E-state index < -0.39 is 19.4 Å². The largest absolute Gasteiger partial charge is 0.386 e. The van der Waals surface area contributed by atoms with E-state index >= 15 is 0 Å². The summed E-state index contributed by atoms with van der Waals surface area (Å²) in [6, 6.07) is 13.6. The van der Waals surface area contributed by atoms with Crippen molar-refractivity contribution in [1.29, 1.82) is 0 Å². The van der Waals surface area contributed by atoms with Gasteiger partial charge in [-0.05, 0) is 31.5 Å². The molecule has 1 aliphatic rings. The van der Waals surface area contributed by atoms with Crippen LogP contribution in [0.4, 0.5) is 5.69 Å². The van der Waals surface area contributed by atoms with Crippen molar-refractivity contribution in [2.75, 3.05) is 13.2 Å². The number of carbonyl (C=O) groups is 2. The van der Waals surface area contributed by atoms with Gasteiger partial charge in [0.15, 0.2) is 11.6 Å². The second kappa shape index (κ2) is 9.04. The molecule has 0 saturated heterocycles. The molecule has 1 aliphatic carbocycles. The maximum atomic E-state index is 13.2. The Balaban J connectivity index is 2.06. The third kappa shape index (κ3) is 4.01. The van der Waals surface area contributed by atoms with Crippen LogP contribution in [0.15, 0.2) is 53.5 Å². The SMILES string of the molecule is CCOP(=O)(OCC)c1ccccc1N=C(N)C1C(=O)c2ccccc2C(C)C1=O. The minimum absolute atomic E-state index is 0.140. The number of nitrogens with two attached hydrogens (primary N) is 1. The Labute approximate surface area is 175 Å². The summed E-state index contributed by atoms with van der Waals surface area (Å²) in [7, 11) is -3.63. The molecule has 3 rings (SSSR count). The predicted molar refractivity (Wildman–Crippen MR) is 116 cm³/mol. The first-order chi connectivity index (χ1) is 14.3. The van der Waals surface area contributed by atoms with Crippen molar-refractivity contribution in [3.8, 4) is 0 Å². The van der Waals surface area contributed by atoms with E-state index in [0.29, 0.717) is 11.1 Å². The Kier molecular flexibility index (Phi) is 6.66. The molecular weight excluding hydrogens is 403 g/mol. The van der Waals surface area contributed by atoms with Crippen LogP contribution in [-0.2, 0) is 18.4 Å². The molecular formula is C22H25N2O5P. The number of hydrogen-bond acceptors (Lipinski definition) is 6. The monoisotopic (exact) mass is 428 g/mol. The van der Waals surface area contributed by atoms with Crippen molar-refractivity contribution in [2.24, 2.45) is 16.6 Å². The van der Waals surface area contributed by atoms with Gasteiger partial charge in [-0.15, -0.1) is 0 Å². The normalized spacial score (nSPS) is 19.6. The maximum Gasteiger partial charge on any atom is 0.363 e. The molecule has 0 saturated carbocycles.